The number of carboxylic acids is 1. The number of nitrogens with one attached hydrogen (secondary N) is 1. The van der Waals surface area contributed by atoms with E-state index >= 15 is 0 Å². The first-order chi connectivity index (χ1) is 9.45. The molecule has 1 aromatic rings. The molecule has 2 N–H and O–H groups in total. The number of aliphatic carboxylic acids is 1. The third-order valence-electron chi connectivity index (χ3n) is 3.44. The third-order valence-corrected chi connectivity index (χ3v) is 3.44. The number of rotatable bonds is 7. The molecule has 0 spiro atoms. The average Bonchev–Trinajstić information content (AvgIpc) is 2.42. The van der Waals surface area contributed by atoms with Gasteiger partial charge in [-0.3, -0.25) is 4.79 Å². The maximum absolute atomic E-state index is 12.0. The van der Waals surface area contributed by atoms with Crippen molar-refractivity contribution in [3.63, 3.8) is 0 Å². The van der Waals surface area contributed by atoms with E-state index in [4.69, 9.17) is 5.11 Å². The number of amides is 1. The summed E-state index contributed by atoms with van der Waals surface area (Å²) in [5.74, 6) is -1.20. The van der Waals surface area contributed by atoms with Crippen LogP contribution >= 0.6 is 0 Å². The molecule has 1 unspecified atom stereocenters. The van der Waals surface area contributed by atoms with Crippen molar-refractivity contribution >= 4 is 11.9 Å². The van der Waals surface area contributed by atoms with Crippen molar-refractivity contribution in [1.29, 1.82) is 0 Å². The fraction of sp³-hybridized carbons (Fsp3) is 0.500. The number of benzene rings is 1. The monoisotopic (exact) mass is 277 g/mol. The molecule has 0 aliphatic heterocycles. The highest BCUT2D eigenvalue weighted by Crippen LogP contribution is 2.22. The Hall–Kier alpha value is -1.84. The van der Waals surface area contributed by atoms with E-state index in [1.807, 2.05) is 37.3 Å². The lowest BCUT2D eigenvalue weighted by atomic mass is 9.92. The molecule has 0 heterocycles. The number of carbonyl (C=O) groups excluding carboxylic acids is 1. The zero-order chi connectivity index (χ0) is 15.1. The van der Waals surface area contributed by atoms with Gasteiger partial charge in [0.1, 0.15) is 6.04 Å². The molecule has 1 amide bonds. The number of carboxylic acid groups (broad SMARTS) is 1. The smallest absolute Gasteiger partial charge is 0.326 e. The SMILES string of the molecule is CCC(CC(=O)N[C@@H](C(=O)O)C(C)C)c1ccccc1. The lowest BCUT2D eigenvalue weighted by Gasteiger charge is -2.20. The van der Waals surface area contributed by atoms with Gasteiger partial charge in [-0.15, -0.1) is 0 Å². The zero-order valence-electron chi connectivity index (χ0n) is 12.3. The summed E-state index contributed by atoms with van der Waals surface area (Å²) in [6.07, 6.45) is 1.16. The predicted molar refractivity (Wildman–Crippen MR) is 78.5 cm³/mol. The molecule has 1 aromatic carbocycles. The van der Waals surface area contributed by atoms with E-state index in [1.54, 1.807) is 13.8 Å². The van der Waals surface area contributed by atoms with Crippen LogP contribution in [0.15, 0.2) is 30.3 Å². The van der Waals surface area contributed by atoms with Gasteiger partial charge in [0.2, 0.25) is 5.91 Å². The van der Waals surface area contributed by atoms with E-state index in [1.165, 1.54) is 0 Å². The fourth-order valence-electron chi connectivity index (χ4n) is 2.19. The minimum Gasteiger partial charge on any atom is -0.480 e. The molecule has 0 fully saturated rings. The van der Waals surface area contributed by atoms with Gasteiger partial charge >= 0.3 is 5.97 Å². The van der Waals surface area contributed by atoms with Crippen LogP contribution in [0.25, 0.3) is 0 Å². The van der Waals surface area contributed by atoms with Crippen LogP contribution < -0.4 is 5.32 Å². The third kappa shape index (κ3) is 4.68. The molecule has 0 bridgehead atoms. The molecule has 0 aromatic heterocycles. The summed E-state index contributed by atoms with van der Waals surface area (Å²) in [6.45, 7) is 5.60. The van der Waals surface area contributed by atoms with Crippen LogP contribution in [0.3, 0.4) is 0 Å². The van der Waals surface area contributed by atoms with Gasteiger partial charge in [0.15, 0.2) is 0 Å². The Kier molecular flexibility index (Phi) is 6.22. The molecule has 1 rings (SSSR count). The van der Waals surface area contributed by atoms with Gasteiger partial charge in [-0.25, -0.2) is 4.79 Å². The molecule has 20 heavy (non-hydrogen) atoms. The van der Waals surface area contributed by atoms with Gasteiger partial charge in [0.25, 0.3) is 0 Å². The van der Waals surface area contributed by atoms with Crippen molar-refractivity contribution in [1.82, 2.24) is 5.32 Å². The summed E-state index contributed by atoms with van der Waals surface area (Å²) < 4.78 is 0. The molecule has 0 aliphatic carbocycles. The number of hydrogen-bond donors (Lipinski definition) is 2. The second-order valence-corrected chi connectivity index (χ2v) is 5.35. The molecule has 0 saturated carbocycles. The van der Waals surface area contributed by atoms with Crippen LogP contribution in [-0.2, 0) is 9.59 Å². The van der Waals surface area contributed by atoms with Gasteiger partial charge in [0.05, 0.1) is 0 Å². The van der Waals surface area contributed by atoms with Crippen LogP contribution in [0.1, 0.15) is 45.1 Å². The first-order valence-corrected chi connectivity index (χ1v) is 7.02. The first kappa shape index (κ1) is 16.2. The van der Waals surface area contributed by atoms with Crippen LogP contribution in [0.5, 0.6) is 0 Å². The van der Waals surface area contributed by atoms with Crippen molar-refractivity contribution in [2.45, 2.75) is 45.6 Å². The minimum atomic E-state index is -0.985. The van der Waals surface area contributed by atoms with E-state index in [0.29, 0.717) is 6.42 Å². The fourth-order valence-corrected chi connectivity index (χ4v) is 2.19. The molecule has 2 atom stereocenters. The molecule has 110 valence electrons. The van der Waals surface area contributed by atoms with Crippen LogP contribution in [0.2, 0.25) is 0 Å². The van der Waals surface area contributed by atoms with E-state index in [0.717, 1.165) is 12.0 Å². The van der Waals surface area contributed by atoms with Gasteiger partial charge in [0, 0.05) is 6.42 Å². The second-order valence-electron chi connectivity index (χ2n) is 5.35. The largest absolute Gasteiger partial charge is 0.480 e. The zero-order valence-corrected chi connectivity index (χ0v) is 12.3. The highest BCUT2D eigenvalue weighted by atomic mass is 16.4. The minimum absolute atomic E-state index is 0.123. The Morgan fingerprint density at radius 3 is 2.25 bits per heavy atom. The molecular formula is C16H23NO3. The summed E-state index contributed by atoms with van der Waals surface area (Å²) in [5.41, 5.74) is 1.11. The molecule has 0 aliphatic rings. The average molecular weight is 277 g/mol. The van der Waals surface area contributed by atoms with E-state index < -0.39 is 12.0 Å². The van der Waals surface area contributed by atoms with E-state index in [9.17, 15) is 9.59 Å². The molecular weight excluding hydrogens is 254 g/mol. The highest BCUT2D eigenvalue weighted by Gasteiger charge is 2.24. The van der Waals surface area contributed by atoms with Crippen molar-refractivity contribution in [3.05, 3.63) is 35.9 Å². The standard InChI is InChI=1S/C16H23NO3/c1-4-12(13-8-6-5-7-9-13)10-14(18)17-15(11(2)3)16(19)20/h5-9,11-12,15H,4,10H2,1-3H3,(H,17,18)(H,19,20)/t12?,15-/m1/s1. The van der Waals surface area contributed by atoms with E-state index in [-0.39, 0.29) is 17.7 Å². The van der Waals surface area contributed by atoms with Crippen molar-refractivity contribution in [3.8, 4) is 0 Å². The molecule has 4 heteroatoms. The van der Waals surface area contributed by atoms with Crippen molar-refractivity contribution < 1.29 is 14.7 Å². The van der Waals surface area contributed by atoms with Crippen LogP contribution in [0, 0.1) is 5.92 Å². The van der Waals surface area contributed by atoms with Crippen molar-refractivity contribution in [2.24, 2.45) is 5.92 Å². The Balaban J connectivity index is 2.66. The Morgan fingerprint density at radius 2 is 1.80 bits per heavy atom. The highest BCUT2D eigenvalue weighted by molar-refractivity contribution is 5.84. The van der Waals surface area contributed by atoms with Gasteiger partial charge in [-0.1, -0.05) is 51.1 Å². The number of carbonyl (C=O) groups is 2. The second kappa shape index (κ2) is 7.68. The van der Waals surface area contributed by atoms with E-state index in [2.05, 4.69) is 5.32 Å². The summed E-state index contributed by atoms with van der Waals surface area (Å²) in [6, 6.07) is 9.01. The Bertz CT molecular complexity index is 442. The lowest BCUT2D eigenvalue weighted by Crippen LogP contribution is -2.44. The summed E-state index contributed by atoms with van der Waals surface area (Å²) in [5, 5.41) is 11.7. The summed E-state index contributed by atoms with van der Waals surface area (Å²) >= 11 is 0. The molecule has 0 saturated heterocycles. The Labute approximate surface area is 120 Å². The molecule has 0 radical (unpaired) electrons. The van der Waals surface area contributed by atoms with Gasteiger partial charge in [-0.05, 0) is 23.8 Å². The molecule has 4 nitrogen and oxygen atoms in total. The van der Waals surface area contributed by atoms with Crippen LogP contribution in [0.4, 0.5) is 0 Å². The van der Waals surface area contributed by atoms with Gasteiger partial charge in [-0.2, -0.15) is 0 Å². The lowest BCUT2D eigenvalue weighted by molar-refractivity contribution is -0.143. The number of hydrogen-bond acceptors (Lipinski definition) is 2. The predicted octanol–water partition coefficient (Wildman–Crippen LogP) is 2.80. The van der Waals surface area contributed by atoms with Crippen molar-refractivity contribution in [2.75, 3.05) is 0 Å². The maximum atomic E-state index is 12.0. The topological polar surface area (TPSA) is 66.4 Å². The van der Waals surface area contributed by atoms with Gasteiger partial charge < -0.3 is 10.4 Å². The Morgan fingerprint density at radius 1 is 1.20 bits per heavy atom. The maximum Gasteiger partial charge on any atom is 0.326 e. The first-order valence-electron chi connectivity index (χ1n) is 7.02. The van der Waals surface area contributed by atoms with Crippen LogP contribution in [-0.4, -0.2) is 23.0 Å². The summed E-state index contributed by atoms with van der Waals surface area (Å²) in [7, 11) is 0. The summed E-state index contributed by atoms with van der Waals surface area (Å²) in [4.78, 5) is 23.1. The quantitative estimate of drug-likeness (QED) is 0.805. The normalized spacial score (nSPS) is 13.8.